The van der Waals surface area contributed by atoms with Crippen molar-refractivity contribution in [2.24, 2.45) is 0 Å². The number of rotatable bonds is 4. The van der Waals surface area contributed by atoms with E-state index in [0.29, 0.717) is 6.10 Å². The lowest BCUT2D eigenvalue weighted by Crippen LogP contribution is -2.32. The maximum atomic E-state index is 5.72. The molecule has 0 saturated carbocycles. The standard InChI is InChI=1S/C13H17N3OS/c1-2-16(8-10-4-3-6-17-10)12-11-5-7-18-13(11)15-9-14-12/h5,7,9-10H,2-4,6,8H2,1H3. The molecule has 0 aromatic carbocycles. The van der Waals surface area contributed by atoms with E-state index in [1.54, 1.807) is 17.7 Å². The van der Waals surface area contributed by atoms with Gasteiger partial charge in [0, 0.05) is 19.7 Å². The third-order valence-electron chi connectivity index (χ3n) is 3.37. The lowest BCUT2D eigenvalue weighted by molar-refractivity contribution is 0.115. The first-order valence-corrected chi connectivity index (χ1v) is 7.31. The van der Waals surface area contributed by atoms with Crippen LogP contribution in [0.4, 0.5) is 5.82 Å². The second kappa shape index (κ2) is 5.20. The van der Waals surface area contributed by atoms with E-state index in [1.807, 2.05) is 0 Å². The van der Waals surface area contributed by atoms with E-state index < -0.39 is 0 Å². The fourth-order valence-corrected chi connectivity index (χ4v) is 3.16. The van der Waals surface area contributed by atoms with Gasteiger partial charge in [-0.2, -0.15) is 0 Å². The van der Waals surface area contributed by atoms with Crippen LogP contribution >= 0.6 is 11.3 Å². The molecule has 1 atom stereocenters. The summed E-state index contributed by atoms with van der Waals surface area (Å²) in [4.78, 5) is 12.1. The lowest BCUT2D eigenvalue weighted by atomic mass is 10.2. The van der Waals surface area contributed by atoms with Gasteiger partial charge in [0.2, 0.25) is 0 Å². The van der Waals surface area contributed by atoms with Crippen molar-refractivity contribution < 1.29 is 4.74 Å². The quantitative estimate of drug-likeness (QED) is 0.850. The SMILES string of the molecule is CCN(CC1CCCO1)c1ncnc2sccc12. The third-order valence-corrected chi connectivity index (χ3v) is 4.19. The summed E-state index contributed by atoms with van der Waals surface area (Å²) in [6.07, 6.45) is 4.36. The van der Waals surface area contributed by atoms with Crippen molar-refractivity contribution in [3.63, 3.8) is 0 Å². The van der Waals surface area contributed by atoms with Gasteiger partial charge in [-0.05, 0) is 31.2 Å². The van der Waals surface area contributed by atoms with Crippen molar-refractivity contribution in [2.45, 2.75) is 25.9 Å². The Balaban J connectivity index is 1.87. The van der Waals surface area contributed by atoms with Gasteiger partial charge >= 0.3 is 0 Å². The highest BCUT2D eigenvalue weighted by molar-refractivity contribution is 7.16. The molecule has 2 aromatic rings. The molecule has 1 aliphatic heterocycles. The molecule has 0 N–H and O–H groups in total. The molecule has 18 heavy (non-hydrogen) atoms. The van der Waals surface area contributed by atoms with Gasteiger partial charge in [0.25, 0.3) is 0 Å². The number of hydrogen-bond acceptors (Lipinski definition) is 5. The van der Waals surface area contributed by atoms with E-state index in [-0.39, 0.29) is 0 Å². The zero-order valence-corrected chi connectivity index (χ0v) is 11.3. The molecule has 1 saturated heterocycles. The van der Waals surface area contributed by atoms with Crippen molar-refractivity contribution in [3.8, 4) is 0 Å². The summed E-state index contributed by atoms with van der Waals surface area (Å²) in [5, 5.41) is 3.23. The molecule has 0 amide bonds. The van der Waals surface area contributed by atoms with E-state index >= 15 is 0 Å². The van der Waals surface area contributed by atoms with E-state index in [4.69, 9.17) is 4.74 Å². The fraction of sp³-hybridized carbons (Fsp3) is 0.538. The molecule has 4 nitrogen and oxygen atoms in total. The highest BCUT2D eigenvalue weighted by Gasteiger charge is 2.20. The third kappa shape index (κ3) is 2.20. The first-order valence-electron chi connectivity index (χ1n) is 6.43. The second-order valence-corrected chi connectivity index (χ2v) is 5.40. The number of aromatic nitrogens is 2. The monoisotopic (exact) mass is 263 g/mol. The van der Waals surface area contributed by atoms with Gasteiger partial charge in [-0.1, -0.05) is 0 Å². The summed E-state index contributed by atoms with van der Waals surface area (Å²) in [5.41, 5.74) is 0. The summed E-state index contributed by atoms with van der Waals surface area (Å²) in [7, 11) is 0. The van der Waals surface area contributed by atoms with E-state index in [1.165, 1.54) is 6.42 Å². The summed E-state index contributed by atoms with van der Waals surface area (Å²) in [6, 6.07) is 2.10. The summed E-state index contributed by atoms with van der Waals surface area (Å²) in [5.74, 6) is 1.04. The average Bonchev–Trinajstić information content (AvgIpc) is 3.06. The van der Waals surface area contributed by atoms with Crippen LogP contribution in [0.25, 0.3) is 10.2 Å². The number of thiophene rings is 1. The van der Waals surface area contributed by atoms with Crippen molar-refractivity contribution in [2.75, 3.05) is 24.6 Å². The van der Waals surface area contributed by atoms with Crippen molar-refractivity contribution in [1.82, 2.24) is 9.97 Å². The van der Waals surface area contributed by atoms with Crippen LogP contribution in [0.15, 0.2) is 17.8 Å². The maximum absolute atomic E-state index is 5.72. The van der Waals surface area contributed by atoms with Crippen LogP contribution in [-0.2, 0) is 4.74 Å². The van der Waals surface area contributed by atoms with E-state index in [2.05, 4.69) is 33.2 Å². The highest BCUT2D eigenvalue weighted by Crippen LogP contribution is 2.27. The molecule has 3 heterocycles. The summed E-state index contributed by atoms with van der Waals surface area (Å²) >= 11 is 1.66. The van der Waals surface area contributed by atoms with E-state index in [0.717, 1.165) is 42.2 Å². The smallest absolute Gasteiger partial charge is 0.140 e. The van der Waals surface area contributed by atoms with Gasteiger partial charge in [-0.25, -0.2) is 9.97 Å². The van der Waals surface area contributed by atoms with Crippen LogP contribution in [0.2, 0.25) is 0 Å². The van der Waals surface area contributed by atoms with Crippen LogP contribution in [0, 0.1) is 0 Å². The molecule has 0 aliphatic carbocycles. The minimum atomic E-state index is 0.355. The number of ether oxygens (including phenoxy) is 1. The number of anilines is 1. The molecule has 2 aromatic heterocycles. The molecule has 5 heteroatoms. The minimum absolute atomic E-state index is 0.355. The van der Waals surface area contributed by atoms with Crippen molar-refractivity contribution in [1.29, 1.82) is 0 Å². The van der Waals surface area contributed by atoms with Gasteiger partial charge < -0.3 is 9.64 Å². The van der Waals surface area contributed by atoms with Gasteiger partial charge in [-0.15, -0.1) is 11.3 Å². The summed E-state index contributed by atoms with van der Waals surface area (Å²) < 4.78 is 5.72. The van der Waals surface area contributed by atoms with Gasteiger partial charge in [-0.3, -0.25) is 0 Å². The number of likely N-dealkylation sites (N-methyl/N-ethyl adjacent to an activating group) is 1. The van der Waals surface area contributed by atoms with Crippen LogP contribution in [0.3, 0.4) is 0 Å². The maximum Gasteiger partial charge on any atom is 0.140 e. The molecule has 96 valence electrons. The van der Waals surface area contributed by atoms with Crippen molar-refractivity contribution in [3.05, 3.63) is 17.8 Å². The first-order chi connectivity index (χ1) is 8.88. The topological polar surface area (TPSA) is 38.2 Å². The van der Waals surface area contributed by atoms with Crippen molar-refractivity contribution >= 4 is 27.4 Å². The Morgan fingerprint density at radius 1 is 1.50 bits per heavy atom. The Morgan fingerprint density at radius 3 is 3.22 bits per heavy atom. The molecule has 3 rings (SSSR count). The molecule has 1 aliphatic rings. The Morgan fingerprint density at radius 2 is 2.44 bits per heavy atom. The molecule has 0 spiro atoms. The first kappa shape index (κ1) is 11.9. The Labute approximate surface area is 111 Å². The Hall–Kier alpha value is -1.20. The normalized spacial score (nSPS) is 19.5. The molecular weight excluding hydrogens is 246 g/mol. The number of fused-ring (bicyclic) bond motifs is 1. The van der Waals surface area contributed by atoms with Gasteiger partial charge in [0.1, 0.15) is 17.0 Å². The summed E-state index contributed by atoms with van der Waals surface area (Å²) in [6.45, 7) is 4.94. The Bertz CT molecular complexity index is 522. The fourth-order valence-electron chi connectivity index (χ4n) is 2.43. The molecule has 0 bridgehead atoms. The van der Waals surface area contributed by atoms with Crippen LogP contribution < -0.4 is 4.90 Å². The minimum Gasteiger partial charge on any atom is -0.376 e. The number of nitrogens with zero attached hydrogens (tertiary/aromatic N) is 3. The van der Waals surface area contributed by atoms with E-state index in [9.17, 15) is 0 Å². The highest BCUT2D eigenvalue weighted by atomic mass is 32.1. The second-order valence-electron chi connectivity index (χ2n) is 4.51. The predicted octanol–water partition coefficient (Wildman–Crippen LogP) is 2.70. The lowest BCUT2D eigenvalue weighted by Gasteiger charge is -2.25. The molecule has 1 fully saturated rings. The largest absolute Gasteiger partial charge is 0.376 e. The van der Waals surface area contributed by atoms with Crippen LogP contribution in [0.1, 0.15) is 19.8 Å². The molecule has 0 radical (unpaired) electrons. The van der Waals surface area contributed by atoms with Gasteiger partial charge in [0.15, 0.2) is 0 Å². The zero-order chi connectivity index (χ0) is 12.4. The average molecular weight is 263 g/mol. The van der Waals surface area contributed by atoms with Crippen LogP contribution in [0.5, 0.6) is 0 Å². The number of hydrogen-bond donors (Lipinski definition) is 0. The predicted molar refractivity (Wildman–Crippen MR) is 74.3 cm³/mol. The Kier molecular flexibility index (Phi) is 3.43. The molecular formula is C13H17N3OS. The zero-order valence-electron chi connectivity index (χ0n) is 10.5. The molecule has 1 unspecified atom stereocenters. The van der Waals surface area contributed by atoms with Gasteiger partial charge in [0.05, 0.1) is 11.5 Å². The van der Waals surface area contributed by atoms with Crippen LogP contribution in [-0.4, -0.2) is 35.8 Å².